The summed E-state index contributed by atoms with van der Waals surface area (Å²) in [6.45, 7) is 31.2. The van der Waals surface area contributed by atoms with Gasteiger partial charge in [0.1, 0.15) is 23.1 Å². The van der Waals surface area contributed by atoms with Crippen LogP contribution in [0.3, 0.4) is 0 Å². The molecule has 0 N–H and O–H groups in total. The van der Waals surface area contributed by atoms with Crippen LogP contribution in [0.4, 0.5) is 0 Å². The first-order valence-electron chi connectivity index (χ1n) is 48.2. The zero-order valence-electron chi connectivity index (χ0n) is 77.3. The molecule has 4 fully saturated rings. The first-order valence-corrected chi connectivity index (χ1v) is 48.2. The molecule has 0 saturated heterocycles. The van der Waals surface area contributed by atoms with E-state index < -0.39 is 45.3 Å². The van der Waals surface area contributed by atoms with E-state index in [9.17, 15) is 57.5 Å². The van der Waals surface area contributed by atoms with Gasteiger partial charge in [-0.25, -0.2) is 0 Å². The largest absolute Gasteiger partial charge is 0.465 e. The summed E-state index contributed by atoms with van der Waals surface area (Å²) in [7, 11) is 0. The summed E-state index contributed by atoms with van der Waals surface area (Å²) in [5.41, 5.74) is 14.2. The molecule has 126 heavy (non-hydrogen) atoms. The van der Waals surface area contributed by atoms with Crippen molar-refractivity contribution in [3.8, 4) is 0 Å². The second kappa shape index (κ2) is 32.0. The van der Waals surface area contributed by atoms with Crippen molar-refractivity contribution in [1.82, 2.24) is 0 Å². The van der Waals surface area contributed by atoms with Gasteiger partial charge in [-0.2, -0.15) is 0 Å². The highest BCUT2D eigenvalue weighted by atomic mass is 16.5. The van der Waals surface area contributed by atoms with Crippen molar-refractivity contribution in [3.05, 3.63) is 186 Å². The SMILES string of the molecule is CC(C)COC(=O)[C@@H]1CC2=CC(=O)C=CC2(C)C2=C1C1=CC[C@@]3(C)CCC(=O)C13CC2.CCC(C)OC(=O)[C@@H]1CC2=CC(=O)C=CC2(C)C2=C1C1=CC[C@@]3(C)CCC(=O)C13CC2.CCCCCCOC(=O)[C@@H]1CC2=CC(=O)C=CC2(C)C2=C1C1=CC[C@@]3(C)CCC(=O)C13CC2.CCCCOC(=O)[C@@H]1CC2=CC(=O)C=CC2(C)C2=C1C1=CC[C@@]3(C)CCC(=O)C13CC2. The maximum atomic E-state index is 13.5. The maximum absolute atomic E-state index is 13.5. The third kappa shape index (κ3) is 13.1. The minimum absolute atomic E-state index is 0.0101. The van der Waals surface area contributed by atoms with Crippen molar-refractivity contribution in [1.29, 1.82) is 0 Å². The van der Waals surface area contributed by atoms with Gasteiger partial charge in [-0.15, -0.1) is 0 Å². The van der Waals surface area contributed by atoms with E-state index >= 15 is 0 Å². The number of hydrogen-bond acceptors (Lipinski definition) is 16. The first kappa shape index (κ1) is 89.1. The molecule has 20 aliphatic rings. The molecule has 20 rings (SSSR count). The van der Waals surface area contributed by atoms with Crippen LogP contribution in [-0.2, 0) is 76.5 Å². The Balaban J connectivity index is 0.000000119. The highest BCUT2D eigenvalue weighted by Crippen LogP contribution is 2.76. The summed E-state index contributed by atoms with van der Waals surface area (Å²) < 4.78 is 23.1. The number of ether oxygens (including phenoxy) is 4. The summed E-state index contributed by atoms with van der Waals surface area (Å²) in [6.07, 6.45) is 55.5. The maximum Gasteiger partial charge on any atom is 0.314 e. The molecule has 16 nitrogen and oxygen atoms in total. The fourth-order valence-electron chi connectivity index (χ4n) is 28.7. The number of carbonyl (C=O) groups is 12. The predicted octanol–water partition coefficient (Wildman–Crippen LogP) is 21.4. The molecule has 0 aromatic heterocycles. The lowest BCUT2D eigenvalue weighted by molar-refractivity contribution is -0.152. The van der Waals surface area contributed by atoms with Crippen LogP contribution in [0.15, 0.2) is 186 Å². The van der Waals surface area contributed by atoms with E-state index in [-0.39, 0.29) is 102 Å². The average molecular weight is 1710 g/mol. The highest BCUT2D eigenvalue weighted by molar-refractivity contribution is 6.06. The first-order chi connectivity index (χ1) is 59.8. The molecule has 9 unspecified atom stereocenters. The van der Waals surface area contributed by atoms with E-state index in [1.165, 1.54) is 22.3 Å². The fourth-order valence-corrected chi connectivity index (χ4v) is 28.7. The Morgan fingerprint density at radius 3 is 0.905 bits per heavy atom. The van der Waals surface area contributed by atoms with E-state index in [4.69, 9.17) is 18.9 Å². The van der Waals surface area contributed by atoms with Crippen LogP contribution < -0.4 is 0 Å². The van der Waals surface area contributed by atoms with Crippen LogP contribution in [0.1, 0.15) is 296 Å². The van der Waals surface area contributed by atoms with Crippen LogP contribution in [0.25, 0.3) is 0 Å². The molecule has 4 saturated carbocycles. The van der Waals surface area contributed by atoms with Gasteiger partial charge in [0.05, 0.1) is 71.3 Å². The van der Waals surface area contributed by atoms with E-state index in [0.29, 0.717) is 94.3 Å². The van der Waals surface area contributed by atoms with Crippen LogP contribution >= 0.6 is 0 Å². The van der Waals surface area contributed by atoms with E-state index in [2.05, 4.69) is 93.5 Å². The van der Waals surface area contributed by atoms with Crippen LogP contribution in [0, 0.1) is 94.6 Å². The smallest absolute Gasteiger partial charge is 0.314 e. The minimum atomic E-state index is -0.452. The number of fused-ring (bicyclic) bond motifs is 12. The van der Waals surface area contributed by atoms with Gasteiger partial charge in [0.2, 0.25) is 0 Å². The number of allylic oxidation sites excluding steroid dienone is 28. The van der Waals surface area contributed by atoms with E-state index in [1.54, 1.807) is 48.6 Å². The Morgan fingerprint density at radius 1 is 0.349 bits per heavy atom. The summed E-state index contributed by atoms with van der Waals surface area (Å²) in [5, 5.41) is 0. The third-order valence-corrected chi connectivity index (χ3v) is 36.4. The number of unbranched alkanes of at least 4 members (excludes halogenated alkanes) is 4. The molecule has 0 heterocycles. The second-order valence-electron chi connectivity index (χ2n) is 43.3. The summed E-state index contributed by atoms with van der Waals surface area (Å²) >= 11 is 0. The normalized spacial score (nSPS) is 38.1. The lowest BCUT2D eigenvalue weighted by Gasteiger charge is -2.51. The van der Waals surface area contributed by atoms with Crippen LogP contribution in [-0.4, -0.2) is 96.1 Å². The van der Waals surface area contributed by atoms with Crippen molar-refractivity contribution < 1.29 is 76.5 Å². The number of rotatable bonds is 16. The zero-order chi connectivity index (χ0) is 89.8. The Labute approximate surface area is 745 Å². The van der Waals surface area contributed by atoms with E-state index in [0.717, 1.165) is 215 Å². The lowest BCUT2D eigenvalue weighted by atomic mass is 9.51. The molecule has 4 spiro atoms. The number of esters is 4. The molecule has 668 valence electrons. The molecule has 20 aliphatic carbocycles. The molecule has 0 aliphatic heterocycles. The van der Waals surface area contributed by atoms with Crippen molar-refractivity contribution >= 4 is 70.1 Å². The fraction of sp³-hybridized carbons (Fsp3) is 0.600. The molecule has 0 aromatic rings. The molecular formula is C110H132O16. The second-order valence-corrected chi connectivity index (χ2v) is 43.3. The number of ketones is 8. The molecule has 17 atom stereocenters. The third-order valence-electron chi connectivity index (χ3n) is 36.4. The molecule has 0 bridgehead atoms. The predicted molar refractivity (Wildman–Crippen MR) is 481 cm³/mol. The van der Waals surface area contributed by atoms with Gasteiger partial charge < -0.3 is 18.9 Å². The van der Waals surface area contributed by atoms with Crippen LogP contribution in [0.5, 0.6) is 0 Å². The van der Waals surface area contributed by atoms with Crippen molar-refractivity contribution in [2.45, 2.75) is 302 Å². The van der Waals surface area contributed by atoms with Gasteiger partial charge in [0.25, 0.3) is 0 Å². The van der Waals surface area contributed by atoms with Crippen LogP contribution in [0.2, 0.25) is 0 Å². The Hall–Kier alpha value is -8.92. The molecule has 16 heteroatoms. The monoisotopic (exact) mass is 1710 g/mol. The highest BCUT2D eigenvalue weighted by Gasteiger charge is 2.71. The minimum Gasteiger partial charge on any atom is -0.465 e. The van der Waals surface area contributed by atoms with Crippen molar-refractivity contribution in [3.63, 3.8) is 0 Å². The summed E-state index contributed by atoms with van der Waals surface area (Å²) in [5.74, 6) is -0.971. The van der Waals surface area contributed by atoms with Crippen molar-refractivity contribution in [2.75, 3.05) is 19.8 Å². The summed E-state index contributed by atoms with van der Waals surface area (Å²) in [6, 6.07) is 0. The van der Waals surface area contributed by atoms with Gasteiger partial charge in [-0.1, -0.05) is 181 Å². The van der Waals surface area contributed by atoms with Gasteiger partial charge in [0, 0.05) is 47.3 Å². The average Bonchev–Trinajstić information content (AvgIpc) is 1.51. The van der Waals surface area contributed by atoms with E-state index in [1.807, 2.05) is 52.0 Å². The quantitative estimate of drug-likeness (QED) is 0.0792. The Kier molecular flexibility index (Phi) is 22.6. The Morgan fingerprint density at radius 2 is 0.627 bits per heavy atom. The Bertz CT molecular complexity index is 5410. The standard InChI is InChI=1S/C29H36O4.3C27H32O4/c1-4-5-6-7-16-33-26(32)21-18-19-17-20(30)8-14-28(19,3)22-10-15-29-23(25(21)22)9-12-27(29,2)13-11-24(29)31;1-16(2)15-31-24(30)19-14-17-13-18(28)5-11-26(17,4)20-7-12-27-21(23(19)20)6-9-25(27,3)10-8-22(27)29;1-5-16(2)31-24(30)19-15-17-14-18(28)6-12-26(17,4)20-8-13-27-21(23(19)20)7-10-25(27,3)11-9-22(27)29;1-4-5-14-31-24(30)19-16-17-15-18(28)6-12-26(17,3)20-8-13-27-21(23(19)20)7-10-25(27,2)11-9-22(27)29/h8-9,14,17,21H,4-7,10-13,15-16,18H2,1-3H3;5-6,11,13,16,19H,7-10,12,14-15H2,1-4H3;6-7,12,14,16,19H,5,8-11,13,15H2,1-4H3;6-7,12,15,19H,4-5,8-11,13-14,16H2,1-3H3/t21-,27+,28?,29?;19-,25+,26?,27?;16?,19-,25+,26?,27?;19-,25+,26?,27?/m1111/s1. The topological polar surface area (TPSA) is 242 Å². The number of Topliss-reactive ketones (excluding diaryl/α,β-unsaturated/α-hetero) is 4. The van der Waals surface area contributed by atoms with Gasteiger partial charge in [0.15, 0.2) is 23.1 Å². The number of hydrogen-bond donors (Lipinski definition) is 0. The van der Waals surface area contributed by atoms with Gasteiger partial charge in [-0.05, 0) is 303 Å². The van der Waals surface area contributed by atoms with Gasteiger partial charge in [-0.3, -0.25) is 57.5 Å². The van der Waals surface area contributed by atoms with Crippen molar-refractivity contribution in [2.24, 2.45) is 94.6 Å². The zero-order valence-corrected chi connectivity index (χ0v) is 77.3. The molecular weight excluding hydrogens is 1580 g/mol. The number of carbonyl (C=O) groups excluding carboxylic acids is 12. The molecule has 0 aromatic carbocycles. The summed E-state index contributed by atoms with van der Waals surface area (Å²) in [4.78, 5) is 156. The van der Waals surface area contributed by atoms with Gasteiger partial charge >= 0.3 is 23.9 Å². The molecule has 0 radical (unpaired) electrons. The molecule has 0 amide bonds. The lowest BCUT2D eigenvalue weighted by Crippen LogP contribution is -2.46.